The number of amides is 1. The van der Waals surface area contributed by atoms with Gasteiger partial charge in [-0.3, -0.25) is 9.78 Å². The maximum absolute atomic E-state index is 12.0. The van der Waals surface area contributed by atoms with Crippen molar-refractivity contribution in [3.05, 3.63) is 60.4 Å². The van der Waals surface area contributed by atoms with Crippen LogP contribution in [0.25, 0.3) is 6.08 Å². The van der Waals surface area contributed by atoms with Gasteiger partial charge in [0.05, 0.1) is 0 Å². The molecule has 0 radical (unpaired) electrons. The van der Waals surface area contributed by atoms with Crippen molar-refractivity contribution in [3.63, 3.8) is 0 Å². The Morgan fingerprint density at radius 3 is 2.50 bits per heavy atom. The summed E-state index contributed by atoms with van der Waals surface area (Å²) in [6.45, 7) is 0. The first-order chi connectivity index (χ1) is 10.4. The highest BCUT2D eigenvalue weighted by molar-refractivity contribution is 6.01. The van der Waals surface area contributed by atoms with Gasteiger partial charge in [-0.15, -0.1) is 13.2 Å². The quantitative estimate of drug-likeness (QED) is 0.878. The Morgan fingerprint density at radius 2 is 1.91 bits per heavy atom. The predicted octanol–water partition coefficient (Wildman–Crippen LogP) is 3.63. The lowest BCUT2D eigenvalue weighted by molar-refractivity contribution is -0.274. The largest absolute Gasteiger partial charge is 0.573 e. The molecule has 1 aromatic heterocycles. The zero-order valence-electron chi connectivity index (χ0n) is 11.2. The minimum atomic E-state index is -4.74. The summed E-state index contributed by atoms with van der Waals surface area (Å²) in [6.07, 6.45) is 1.34. The summed E-state index contributed by atoms with van der Waals surface area (Å²) >= 11 is 0. The highest BCUT2D eigenvalue weighted by atomic mass is 19.4. The third kappa shape index (κ3) is 5.28. The van der Waals surface area contributed by atoms with Crippen molar-refractivity contribution >= 4 is 17.7 Å². The first-order valence-electron chi connectivity index (χ1n) is 6.17. The third-order valence-electron chi connectivity index (χ3n) is 2.47. The topological polar surface area (TPSA) is 51.2 Å². The normalized spacial score (nSPS) is 11.4. The summed E-state index contributed by atoms with van der Waals surface area (Å²) < 4.78 is 39.8. The fourth-order valence-corrected chi connectivity index (χ4v) is 1.57. The monoisotopic (exact) mass is 308 g/mol. The molecule has 1 heterocycles. The average molecular weight is 308 g/mol. The number of hydrogen-bond donors (Lipinski definition) is 1. The van der Waals surface area contributed by atoms with E-state index in [4.69, 9.17) is 0 Å². The van der Waals surface area contributed by atoms with Gasteiger partial charge in [0.25, 0.3) is 0 Å². The molecule has 0 aliphatic rings. The van der Waals surface area contributed by atoms with Crippen LogP contribution in [0.15, 0.2) is 54.9 Å². The molecule has 0 saturated heterocycles. The van der Waals surface area contributed by atoms with Crippen LogP contribution in [0.4, 0.5) is 18.9 Å². The molecule has 0 bridgehead atoms. The molecule has 0 unspecified atom stereocenters. The van der Waals surface area contributed by atoms with Gasteiger partial charge >= 0.3 is 6.36 Å². The summed E-state index contributed by atoms with van der Waals surface area (Å²) in [5.41, 5.74) is 1.11. The Labute approximate surface area is 124 Å². The van der Waals surface area contributed by atoms with Crippen molar-refractivity contribution in [2.24, 2.45) is 0 Å². The first-order valence-corrected chi connectivity index (χ1v) is 6.17. The van der Waals surface area contributed by atoms with Crippen LogP contribution in [0.5, 0.6) is 5.75 Å². The van der Waals surface area contributed by atoms with Crippen molar-refractivity contribution in [3.8, 4) is 5.75 Å². The standard InChI is InChI=1S/C15H11F3N2O2/c16-15(17,18)22-13-6-4-12(5-7-13)20-14(21)8-3-11-2-1-9-19-10-11/h1-10H,(H,20,21)/b8-3+. The van der Waals surface area contributed by atoms with Gasteiger partial charge in [0.1, 0.15) is 5.75 Å². The molecule has 22 heavy (non-hydrogen) atoms. The van der Waals surface area contributed by atoms with Crippen LogP contribution in [-0.2, 0) is 4.79 Å². The van der Waals surface area contributed by atoms with Crippen LogP contribution in [0.3, 0.4) is 0 Å². The number of nitrogens with zero attached hydrogens (tertiary/aromatic N) is 1. The van der Waals surface area contributed by atoms with E-state index in [9.17, 15) is 18.0 Å². The zero-order valence-corrected chi connectivity index (χ0v) is 11.2. The number of benzene rings is 1. The lowest BCUT2D eigenvalue weighted by Crippen LogP contribution is -2.17. The zero-order chi connectivity index (χ0) is 16.0. The summed E-state index contributed by atoms with van der Waals surface area (Å²) in [4.78, 5) is 15.6. The van der Waals surface area contributed by atoms with Crippen molar-refractivity contribution in [2.45, 2.75) is 6.36 Å². The molecule has 1 amide bonds. The van der Waals surface area contributed by atoms with Crippen LogP contribution in [-0.4, -0.2) is 17.3 Å². The van der Waals surface area contributed by atoms with Gasteiger partial charge in [0.15, 0.2) is 0 Å². The predicted molar refractivity (Wildman–Crippen MR) is 75.0 cm³/mol. The van der Waals surface area contributed by atoms with Gasteiger partial charge in [-0.25, -0.2) is 0 Å². The second-order valence-electron chi connectivity index (χ2n) is 4.18. The molecule has 0 spiro atoms. The molecule has 4 nitrogen and oxygen atoms in total. The van der Waals surface area contributed by atoms with Crippen molar-refractivity contribution in [1.29, 1.82) is 0 Å². The molecule has 1 aromatic carbocycles. The smallest absolute Gasteiger partial charge is 0.406 e. The van der Waals surface area contributed by atoms with E-state index < -0.39 is 12.3 Å². The van der Waals surface area contributed by atoms with E-state index in [1.54, 1.807) is 30.6 Å². The lowest BCUT2D eigenvalue weighted by atomic mass is 10.2. The Balaban J connectivity index is 1.93. The van der Waals surface area contributed by atoms with Crippen LogP contribution in [0.2, 0.25) is 0 Å². The second-order valence-corrected chi connectivity index (χ2v) is 4.18. The van der Waals surface area contributed by atoms with Gasteiger partial charge in [-0.2, -0.15) is 0 Å². The van der Waals surface area contributed by atoms with Crippen LogP contribution < -0.4 is 10.1 Å². The second kappa shape index (κ2) is 6.75. The van der Waals surface area contributed by atoms with E-state index >= 15 is 0 Å². The fraction of sp³-hybridized carbons (Fsp3) is 0.0667. The first kappa shape index (κ1) is 15.6. The third-order valence-corrected chi connectivity index (χ3v) is 2.47. The molecule has 114 valence electrons. The van der Waals surface area contributed by atoms with Gasteiger partial charge < -0.3 is 10.1 Å². The molecule has 2 aromatic rings. The van der Waals surface area contributed by atoms with Crippen molar-refractivity contribution in [1.82, 2.24) is 4.98 Å². The SMILES string of the molecule is O=C(/C=C/c1cccnc1)Nc1ccc(OC(F)(F)F)cc1. The number of aromatic nitrogens is 1. The number of pyridine rings is 1. The number of ether oxygens (including phenoxy) is 1. The minimum Gasteiger partial charge on any atom is -0.406 e. The van der Waals surface area contributed by atoms with Crippen LogP contribution in [0, 0.1) is 0 Å². The molecule has 7 heteroatoms. The van der Waals surface area contributed by atoms with E-state index in [1.807, 2.05) is 0 Å². The highest BCUT2D eigenvalue weighted by Crippen LogP contribution is 2.23. The molecule has 2 rings (SSSR count). The Morgan fingerprint density at radius 1 is 1.18 bits per heavy atom. The highest BCUT2D eigenvalue weighted by Gasteiger charge is 2.30. The minimum absolute atomic E-state index is 0.351. The van der Waals surface area contributed by atoms with E-state index in [0.29, 0.717) is 5.69 Å². The Bertz CT molecular complexity index is 653. The van der Waals surface area contributed by atoms with Gasteiger partial charge in [-0.1, -0.05) is 6.07 Å². The van der Waals surface area contributed by atoms with Gasteiger partial charge in [-0.05, 0) is 42.0 Å². The van der Waals surface area contributed by atoms with E-state index in [0.717, 1.165) is 17.7 Å². The maximum Gasteiger partial charge on any atom is 0.573 e. The molecular formula is C15H11F3N2O2. The van der Waals surface area contributed by atoms with Crippen LogP contribution in [0.1, 0.15) is 5.56 Å². The number of alkyl halides is 3. The van der Waals surface area contributed by atoms with Crippen molar-refractivity contribution < 1.29 is 22.7 Å². The van der Waals surface area contributed by atoms with E-state index in [-0.39, 0.29) is 5.75 Å². The number of anilines is 1. The van der Waals surface area contributed by atoms with E-state index in [1.165, 1.54) is 18.2 Å². The number of carbonyl (C=O) groups excluding carboxylic acids is 1. The molecule has 0 aliphatic heterocycles. The number of nitrogens with one attached hydrogen (secondary N) is 1. The van der Waals surface area contributed by atoms with Crippen molar-refractivity contribution in [2.75, 3.05) is 5.32 Å². The summed E-state index contributed by atoms with van der Waals surface area (Å²) in [6, 6.07) is 8.38. The Hall–Kier alpha value is -2.83. The van der Waals surface area contributed by atoms with Crippen LogP contribution >= 0.6 is 0 Å². The summed E-state index contributed by atoms with van der Waals surface area (Å²) in [5, 5.41) is 2.52. The molecular weight excluding hydrogens is 297 g/mol. The number of carbonyl (C=O) groups is 1. The number of rotatable bonds is 4. The summed E-state index contributed by atoms with van der Waals surface area (Å²) in [5.74, 6) is -0.759. The number of hydrogen-bond acceptors (Lipinski definition) is 3. The van der Waals surface area contributed by atoms with Gasteiger partial charge in [0.2, 0.25) is 5.91 Å². The lowest BCUT2D eigenvalue weighted by Gasteiger charge is -2.09. The summed E-state index contributed by atoms with van der Waals surface area (Å²) in [7, 11) is 0. The molecule has 0 aliphatic carbocycles. The van der Waals surface area contributed by atoms with Gasteiger partial charge in [0, 0.05) is 24.2 Å². The molecule has 0 saturated carbocycles. The molecule has 1 N–H and O–H groups in total. The Kier molecular flexibility index (Phi) is 4.77. The number of halogens is 3. The molecule has 0 atom stereocenters. The van der Waals surface area contributed by atoms with E-state index in [2.05, 4.69) is 15.0 Å². The molecule has 0 fully saturated rings. The maximum atomic E-state index is 12.0. The fourth-order valence-electron chi connectivity index (χ4n) is 1.57. The average Bonchev–Trinajstić information content (AvgIpc) is 2.47.